The molecule has 0 radical (unpaired) electrons. The molecule has 0 aromatic heterocycles. The summed E-state index contributed by atoms with van der Waals surface area (Å²) in [5.74, 6) is -1.37. The van der Waals surface area contributed by atoms with Gasteiger partial charge in [-0.25, -0.2) is 8.98 Å². The van der Waals surface area contributed by atoms with Crippen LogP contribution in [-0.2, 0) is 28.9 Å². The van der Waals surface area contributed by atoms with Gasteiger partial charge in [0.25, 0.3) is 0 Å². The van der Waals surface area contributed by atoms with Gasteiger partial charge in [0.1, 0.15) is 18.3 Å². The number of esters is 1. The van der Waals surface area contributed by atoms with E-state index in [0.717, 1.165) is 6.92 Å². The van der Waals surface area contributed by atoms with Crippen molar-refractivity contribution in [3.63, 3.8) is 0 Å². The quantitative estimate of drug-likeness (QED) is 0.159. The molecule has 124 valence electrons. The van der Waals surface area contributed by atoms with Crippen molar-refractivity contribution in [3.8, 4) is 0 Å². The molecule has 0 saturated heterocycles. The molecule has 0 heterocycles. The van der Waals surface area contributed by atoms with Crippen LogP contribution in [0.15, 0.2) is 0 Å². The highest BCUT2D eigenvalue weighted by Crippen LogP contribution is 2.14. The molecule has 0 aliphatic rings. The molecule has 5 N–H and O–H groups in total. The molecule has 21 heavy (non-hydrogen) atoms. The molecular formula is C9H16O11S. The van der Waals surface area contributed by atoms with E-state index in [1.54, 1.807) is 0 Å². The predicted octanol–water partition coefficient (Wildman–Crippen LogP) is -3.62. The van der Waals surface area contributed by atoms with Crippen LogP contribution in [0.3, 0.4) is 0 Å². The molecule has 1 unspecified atom stereocenters. The zero-order valence-electron chi connectivity index (χ0n) is 10.8. The van der Waals surface area contributed by atoms with Gasteiger partial charge in [-0.05, 0) is 6.92 Å². The summed E-state index contributed by atoms with van der Waals surface area (Å²) in [4.78, 5) is 22.0. The van der Waals surface area contributed by atoms with E-state index in [1.807, 2.05) is 0 Å². The molecule has 0 bridgehead atoms. The zero-order valence-corrected chi connectivity index (χ0v) is 11.6. The minimum atomic E-state index is -5.14. The van der Waals surface area contributed by atoms with Gasteiger partial charge in [0, 0.05) is 0 Å². The Morgan fingerprint density at radius 3 is 2.14 bits per heavy atom. The van der Waals surface area contributed by atoms with Gasteiger partial charge in [-0.1, -0.05) is 0 Å². The molecule has 0 aliphatic heterocycles. The summed E-state index contributed by atoms with van der Waals surface area (Å²) in [6, 6.07) is 0. The molecule has 0 aromatic rings. The first-order valence-electron chi connectivity index (χ1n) is 5.50. The third-order valence-corrected chi connectivity index (χ3v) is 2.67. The first-order valence-corrected chi connectivity index (χ1v) is 6.86. The van der Waals surface area contributed by atoms with E-state index in [-0.39, 0.29) is 6.29 Å². The number of aliphatic hydroxyl groups excluding tert-OH is 4. The van der Waals surface area contributed by atoms with E-state index in [2.05, 4.69) is 8.92 Å². The molecular weight excluding hydrogens is 316 g/mol. The zero-order chi connectivity index (χ0) is 16.8. The standard InChI is InChI=1S/C9H16O11S/c1-4(12)9(15)19-8(7(14)5(13)2-10)6(3-11)20-21(16,17)18/h3-8,10,12-14H,2H2,1H3,(H,16,17,18)/t4?,5-,6+,7-,8-/m1/s1. The van der Waals surface area contributed by atoms with E-state index in [0.29, 0.717) is 0 Å². The van der Waals surface area contributed by atoms with Gasteiger partial charge < -0.3 is 30.0 Å². The van der Waals surface area contributed by atoms with E-state index >= 15 is 0 Å². The van der Waals surface area contributed by atoms with Crippen molar-refractivity contribution in [1.29, 1.82) is 0 Å². The van der Waals surface area contributed by atoms with Crippen molar-refractivity contribution in [2.24, 2.45) is 0 Å². The van der Waals surface area contributed by atoms with Crippen LogP contribution in [0, 0.1) is 0 Å². The lowest BCUT2D eigenvalue weighted by Crippen LogP contribution is -2.51. The Morgan fingerprint density at radius 2 is 1.81 bits per heavy atom. The minimum absolute atomic E-state index is 0.221. The second-order valence-corrected chi connectivity index (χ2v) is 4.99. The molecule has 0 aromatic carbocycles. The maximum Gasteiger partial charge on any atom is 0.398 e. The van der Waals surface area contributed by atoms with Crippen LogP contribution in [-0.4, -0.2) is 82.8 Å². The summed E-state index contributed by atoms with van der Waals surface area (Å²) in [6.45, 7) is -0.0326. The van der Waals surface area contributed by atoms with Gasteiger partial charge in [0.15, 0.2) is 18.5 Å². The molecule has 0 aliphatic carbocycles. The van der Waals surface area contributed by atoms with Gasteiger partial charge in [-0.2, -0.15) is 8.42 Å². The number of aldehydes is 1. The third-order valence-electron chi connectivity index (χ3n) is 2.20. The Balaban J connectivity index is 5.35. The average Bonchev–Trinajstić information content (AvgIpc) is 2.39. The lowest BCUT2D eigenvalue weighted by molar-refractivity contribution is -0.179. The fourth-order valence-electron chi connectivity index (χ4n) is 1.19. The molecule has 0 rings (SSSR count). The van der Waals surface area contributed by atoms with Crippen LogP contribution >= 0.6 is 0 Å². The highest BCUT2D eigenvalue weighted by molar-refractivity contribution is 7.80. The largest absolute Gasteiger partial charge is 0.454 e. The van der Waals surface area contributed by atoms with Crippen LogP contribution in [0.1, 0.15) is 6.92 Å². The Labute approximate surface area is 119 Å². The average molecular weight is 332 g/mol. The summed E-state index contributed by atoms with van der Waals surface area (Å²) < 4.78 is 38.0. The summed E-state index contributed by atoms with van der Waals surface area (Å²) in [5.41, 5.74) is 0. The van der Waals surface area contributed by atoms with Crippen molar-refractivity contribution in [2.45, 2.75) is 37.4 Å². The van der Waals surface area contributed by atoms with Crippen molar-refractivity contribution < 1.29 is 51.9 Å². The van der Waals surface area contributed by atoms with Crippen molar-refractivity contribution in [1.82, 2.24) is 0 Å². The first-order chi connectivity index (χ1) is 9.53. The van der Waals surface area contributed by atoms with Gasteiger partial charge >= 0.3 is 16.4 Å². The number of ether oxygens (including phenoxy) is 1. The summed E-state index contributed by atoms with van der Waals surface area (Å²) in [7, 11) is -5.14. The fraction of sp³-hybridized carbons (Fsp3) is 0.778. The second-order valence-electron chi connectivity index (χ2n) is 3.94. The molecule has 11 nitrogen and oxygen atoms in total. The Hall–Kier alpha value is -1.15. The SMILES string of the molecule is CC(O)C(=O)O[C@@H]([C@H](O)[C@H](O)CO)[C@H](C=O)OS(=O)(=O)O. The Kier molecular flexibility index (Phi) is 7.87. The summed E-state index contributed by atoms with van der Waals surface area (Å²) in [6.07, 6.45) is -10.3. The Morgan fingerprint density at radius 1 is 1.29 bits per heavy atom. The number of hydrogen-bond donors (Lipinski definition) is 5. The van der Waals surface area contributed by atoms with E-state index in [1.165, 1.54) is 0 Å². The first kappa shape index (κ1) is 19.9. The van der Waals surface area contributed by atoms with Gasteiger partial charge in [0.05, 0.1) is 6.61 Å². The third kappa shape index (κ3) is 6.90. The molecule has 0 saturated carbocycles. The maximum atomic E-state index is 11.2. The topological polar surface area (TPSA) is 188 Å². The van der Waals surface area contributed by atoms with Gasteiger partial charge in [0.2, 0.25) is 0 Å². The fourth-order valence-corrected chi connectivity index (χ4v) is 1.62. The van der Waals surface area contributed by atoms with Crippen molar-refractivity contribution >= 4 is 22.7 Å². The van der Waals surface area contributed by atoms with Crippen LogP contribution in [0.2, 0.25) is 0 Å². The van der Waals surface area contributed by atoms with E-state index in [9.17, 15) is 28.2 Å². The number of carbonyl (C=O) groups excluding carboxylic acids is 2. The van der Waals surface area contributed by atoms with Crippen molar-refractivity contribution in [2.75, 3.05) is 6.61 Å². The van der Waals surface area contributed by atoms with Crippen LogP contribution in [0.5, 0.6) is 0 Å². The van der Waals surface area contributed by atoms with Crippen LogP contribution in [0.25, 0.3) is 0 Å². The minimum Gasteiger partial charge on any atom is -0.454 e. The van der Waals surface area contributed by atoms with Gasteiger partial charge in [-0.3, -0.25) is 4.55 Å². The normalized spacial score (nSPS) is 19.1. The second kappa shape index (κ2) is 8.33. The number of aliphatic hydroxyl groups is 4. The number of carbonyl (C=O) groups is 2. The molecule has 0 amide bonds. The number of rotatable bonds is 9. The monoisotopic (exact) mass is 332 g/mol. The summed E-state index contributed by atoms with van der Waals surface area (Å²) in [5, 5.41) is 36.5. The highest BCUT2D eigenvalue weighted by atomic mass is 32.3. The Bertz CT molecular complexity index is 445. The molecule has 0 spiro atoms. The van der Waals surface area contributed by atoms with E-state index < -0.39 is 53.5 Å². The lowest BCUT2D eigenvalue weighted by Gasteiger charge is -2.28. The van der Waals surface area contributed by atoms with Gasteiger partial charge in [-0.15, -0.1) is 0 Å². The molecule has 12 heteroatoms. The summed E-state index contributed by atoms with van der Waals surface area (Å²) >= 11 is 0. The van der Waals surface area contributed by atoms with E-state index in [4.69, 9.17) is 14.8 Å². The molecule has 5 atom stereocenters. The van der Waals surface area contributed by atoms with Crippen LogP contribution in [0.4, 0.5) is 0 Å². The predicted molar refractivity (Wildman–Crippen MR) is 63.1 cm³/mol. The maximum absolute atomic E-state index is 11.2. The number of hydrogen-bond acceptors (Lipinski definition) is 10. The smallest absolute Gasteiger partial charge is 0.398 e. The lowest BCUT2D eigenvalue weighted by atomic mass is 10.0. The van der Waals surface area contributed by atoms with Crippen molar-refractivity contribution in [3.05, 3.63) is 0 Å². The van der Waals surface area contributed by atoms with Crippen LogP contribution < -0.4 is 0 Å². The molecule has 0 fully saturated rings. The highest BCUT2D eigenvalue weighted by Gasteiger charge is 2.39.